The van der Waals surface area contributed by atoms with Gasteiger partial charge in [0, 0.05) is 6.54 Å². The Morgan fingerprint density at radius 2 is 1.87 bits per heavy atom. The number of hydrogen-bond acceptors (Lipinski definition) is 3. The second kappa shape index (κ2) is 7.65. The van der Waals surface area contributed by atoms with E-state index in [9.17, 15) is 9.59 Å². The van der Waals surface area contributed by atoms with Crippen molar-refractivity contribution in [3.05, 3.63) is 64.2 Å². The summed E-state index contributed by atoms with van der Waals surface area (Å²) >= 11 is 5.99. The van der Waals surface area contributed by atoms with Crippen molar-refractivity contribution in [2.75, 3.05) is 13.7 Å². The van der Waals surface area contributed by atoms with Crippen molar-refractivity contribution in [2.24, 2.45) is 0 Å². The third-order valence-electron chi connectivity index (χ3n) is 3.32. The largest absolute Gasteiger partial charge is 0.494 e. The lowest BCUT2D eigenvalue weighted by Crippen LogP contribution is -2.26. The Morgan fingerprint density at radius 1 is 1.17 bits per heavy atom. The first kappa shape index (κ1) is 16.8. The number of carboxylic acid groups (broad SMARTS) is 1. The standard InChI is InChI=1S/C17H16ClNO4/c1-23-15-13(3-2-4-14(15)18)16(20)19-10-9-11-5-7-12(8-6-11)17(21)22/h2-8H,9-10H2,1H3,(H,19,20)(H,21,22). The first-order valence-electron chi connectivity index (χ1n) is 6.96. The number of carboxylic acids is 1. The molecule has 2 aromatic carbocycles. The van der Waals surface area contributed by atoms with Crippen molar-refractivity contribution in [1.29, 1.82) is 0 Å². The van der Waals surface area contributed by atoms with Crippen molar-refractivity contribution in [3.8, 4) is 5.75 Å². The fourth-order valence-corrected chi connectivity index (χ4v) is 2.38. The molecule has 0 aliphatic rings. The number of hydrogen-bond donors (Lipinski definition) is 2. The number of para-hydroxylation sites is 1. The Morgan fingerprint density at radius 3 is 2.48 bits per heavy atom. The molecule has 0 unspecified atom stereocenters. The SMILES string of the molecule is COc1c(Cl)cccc1C(=O)NCCc1ccc(C(=O)O)cc1. The predicted molar refractivity (Wildman–Crippen MR) is 87.4 cm³/mol. The van der Waals surface area contributed by atoms with Crippen LogP contribution in [0.5, 0.6) is 5.75 Å². The van der Waals surface area contributed by atoms with Gasteiger partial charge in [0.25, 0.3) is 5.91 Å². The van der Waals surface area contributed by atoms with Gasteiger partial charge >= 0.3 is 5.97 Å². The molecule has 0 atom stereocenters. The summed E-state index contributed by atoms with van der Waals surface area (Å²) in [5.74, 6) is -0.887. The molecule has 0 fully saturated rings. The van der Waals surface area contributed by atoms with Crippen LogP contribution in [0.25, 0.3) is 0 Å². The number of rotatable bonds is 6. The third kappa shape index (κ3) is 4.23. The topological polar surface area (TPSA) is 75.6 Å². The maximum absolute atomic E-state index is 12.2. The zero-order valence-electron chi connectivity index (χ0n) is 12.5. The van der Waals surface area contributed by atoms with Gasteiger partial charge in [0.15, 0.2) is 0 Å². The number of aromatic carboxylic acids is 1. The normalized spacial score (nSPS) is 10.2. The number of nitrogens with one attached hydrogen (secondary N) is 1. The van der Waals surface area contributed by atoms with E-state index in [0.717, 1.165) is 5.56 Å². The van der Waals surface area contributed by atoms with E-state index in [1.165, 1.54) is 7.11 Å². The summed E-state index contributed by atoms with van der Waals surface area (Å²) in [6, 6.07) is 11.5. The van der Waals surface area contributed by atoms with Gasteiger partial charge < -0.3 is 15.2 Å². The molecule has 2 aromatic rings. The summed E-state index contributed by atoms with van der Waals surface area (Å²) in [5.41, 5.74) is 1.55. The van der Waals surface area contributed by atoms with Crippen LogP contribution < -0.4 is 10.1 Å². The second-order valence-corrected chi connectivity index (χ2v) is 5.24. The second-order valence-electron chi connectivity index (χ2n) is 4.83. The lowest BCUT2D eigenvalue weighted by molar-refractivity contribution is 0.0696. The van der Waals surface area contributed by atoms with E-state index in [2.05, 4.69) is 5.32 Å². The molecule has 6 heteroatoms. The minimum atomic E-state index is -0.960. The minimum absolute atomic E-state index is 0.237. The van der Waals surface area contributed by atoms with E-state index >= 15 is 0 Å². The average Bonchev–Trinajstić information content (AvgIpc) is 2.55. The van der Waals surface area contributed by atoms with Crippen molar-refractivity contribution < 1.29 is 19.4 Å². The van der Waals surface area contributed by atoms with Crippen molar-refractivity contribution in [3.63, 3.8) is 0 Å². The highest BCUT2D eigenvalue weighted by Crippen LogP contribution is 2.27. The van der Waals surface area contributed by atoms with E-state index in [1.807, 2.05) is 0 Å². The van der Waals surface area contributed by atoms with Crippen molar-refractivity contribution in [2.45, 2.75) is 6.42 Å². The van der Waals surface area contributed by atoms with E-state index in [0.29, 0.717) is 29.3 Å². The van der Waals surface area contributed by atoms with Gasteiger partial charge in [-0.25, -0.2) is 4.79 Å². The average molecular weight is 334 g/mol. The highest BCUT2D eigenvalue weighted by atomic mass is 35.5. The van der Waals surface area contributed by atoms with Crippen LogP contribution in [0.2, 0.25) is 5.02 Å². The van der Waals surface area contributed by atoms with E-state index < -0.39 is 5.97 Å². The van der Waals surface area contributed by atoms with Crippen LogP contribution in [0.4, 0.5) is 0 Å². The Hall–Kier alpha value is -2.53. The summed E-state index contributed by atoms with van der Waals surface area (Å²) in [5, 5.41) is 12.0. The van der Waals surface area contributed by atoms with Gasteiger partial charge in [-0.1, -0.05) is 29.8 Å². The predicted octanol–water partition coefficient (Wildman–Crippen LogP) is 3.02. The smallest absolute Gasteiger partial charge is 0.335 e. The lowest BCUT2D eigenvalue weighted by atomic mass is 10.1. The molecule has 0 aromatic heterocycles. The highest BCUT2D eigenvalue weighted by Gasteiger charge is 2.14. The molecule has 0 bridgehead atoms. The Labute approximate surface area is 138 Å². The molecule has 0 aliphatic heterocycles. The minimum Gasteiger partial charge on any atom is -0.494 e. The van der Waals surface area contributed by atoms with E-state index in [-0.39, 0.29) is 11.5 Å². The molecular weight excluding hydrogens is 318 g/mol. The molecule has 120 valence electrons. The molecule has 0 saturated carbocycles. The molecule has 23 heavy (non-hydrogen) atoms. The number of methoxy groups -OCH3 is 1. The molecule has 2 N–H and O–H groups in total. The Bertz CT molecular complexity index is 713. The van der Waals surface area contributed by atoms with Gasteiger partial charge in [0.2, 0.25) is 0 Å². The zero-order valence-corrected chi connectivity index (χ0v) is 13.3. The molecular formula is C17H16ClNO4. The number of halogens is 1. The Kier molecular flexibility index (Phi) is 5.60. The first-order valence-corrected chi connectivity index (χ1v) is 7.33. The highest BCUT2D eigenvalue weighted by molar-refractivity contribution is 6.32. The van der Waals surface area contributed by atoms with Crippen LogP contribution >= 0.6 is 11.6 Å². The molecule has 0 saturated heterocycles. The summed E-state index contributed by atoms with van der Waals surface area (Å²) in [7, 11) is 1.46. The van der Waals surface area contributed by atoms with Crippen LogP contribution in [-0.4, -0.2) is 30.6 Å². The van der Waals surface area contributed by atoms with Gasteiger partial charge in [-0.05, 0) is 36.2 Å². The monoisotopic (exact) mass is 333 g/mol. The van der Waals surface area contributed by atoms with Gasteiger partial charge in [-0.3, -0.25) is 4.79 Å². The van der Waals surface area contributed by atoms with Crippen molar-refractivity contribution in [1.82, 2.24) is 5.32 Å². The summed E-state index contributed by atoms with van der Waals surface area (Å²) < 4.78 is 5.15. The molecule has 1 amide bonds. The Balaban J connectivity index is 1.95. The molecule has 0 radical (unpaired) electrons. The fraction of sp³-hybridized carbons (Fsp3) is 0.176. The molecule has 0 aliphatic carbocycles. The number of benzene rings is 2. The molecule has 2 rings (SSSR count). The van der Waals surface area contributed by atoms with Crippen LogP contribution in [0.1, 0.15) is 26.3 Å². The molecule has 0 heterocycles. The van der Waals surface area contributed by atoms with E-state index in [4.69, 9.17) is 21.4 Å². The maximum Gasteiger partial charge on any atom is 0.335 e. The van der Waals surface area contributed by atoms with Gasteiger partial charge in [-0.15, -0.1) is 0 Å². The number of carbonyl (C=O) groups excluding carboxylic acids is 1. The van der Waals surface area contributed by atoms with Gasteiger partial charge in [0.1, 0.15) is 5.75 Å². The van der Waals surface area contributed by atoms with Gasteiger partial charge in [-0.2, -0.15) is 0 Å². The van der Waals surface area contributed by atoms with Crippen LogP contribution in [0.3, 0.4) is 0 Å². The number of amides is 1. The van der Waals surface area contributed by atoms with Crippen LogP contribution in [0.15, 0.2) is 42.5 Å². The third-order valence-corrected chi connectivity index (χ3v) is 3.61. The van der Waals surface area contributed by atoms with Crippen LogP contribution in [-0.2, 0) is 6.42 Å². The summed E-state index contributed by atoms with van der Waals surface area (Å²) in [6.45, 7) is 0.418. The summed E-state index contributed by atoms with van der Waals surface area (Å²) in [6.07, 6.45) is 0.592. The first-order chi connectivity index (χ1) is 11.0. The molecule has 0 spiro atoms. The quantitative estimate of drug-likeness (QED) is 0.852. The van der Waals surface area contributed by atoms with Crippen LogP contribution in [0, 0.1) is 0 Å². The molecule has 5 nitrogen and oxygen atoms in total. The van der Waals surface area contributed by atoms with E-state index in [1.54, 1.807) is 42.5 Å². The van der Waals surface area contributed by atoms with Crippen molar-refractivity contribution >= 4 is 23.5 Å². The zero-order chi connectivity index (χ0) is 16.8. The lowest BCUT2D eigenvalue weighted by Gasteiger charge is -2.10. The fourth-order valence-electron chi connectivity index (χ4n) is 2.12. The van der Waals surface area contributed by atoms with Gasteiger partial charge in [0.05, 0.1) is 23.3 Å². The number of carbonyl (C=O) groups is 2. The maximum atomic E-state index is 12.2. The summed E-state index contributed by atoms with van der Waals surface area (Å²) in [4.78, 5) is 23.0. The number of ether oxygens (including phenoxy) is 1.